The van der Waals surface area contributed by atoms with Crippen LogP contribution in [0.1, 0.15) is 71.2 Å². The Morgan fingerprint density at radius 3 is 2.48 bits per heavy atom. The van der Waals surface area contributed by atoms with Crippen LogP contribution in [-0.2, 0) is 6.42 Å². The van der Waals surface area contributed by atoms with E-state index < -0.39 is 0 Å². The third kappa shape index (κ3) is 11.0. The van der Waals surface area contributed by atoms with Gasteiger partial charge in [-0.1, -0.05) is 40.7 Å². The Hall–Kier alpha value is -2.14. The zero-order valence-corrected chi connectivity index (χ0v) is 22.2. The first kappa shape index (κ1) is 30.9. The molecule has 188 valence electrons. The van der Waals surface area contributed by atoms with Gasteiger partial charge in [0.15, 0.2) is 0 Å². The summed E-state index contributed by atoms with van der Waals surface area (Å²) in [6.07, 6.45) is 6.32. The van der Waals surface area contributed by atoms with Crippen LogP contribution in [-0.4, -0.2) is 68.1 Å². The predicted octanol–water partition coefficient (Wildman–Crippen LogP) is 3.66. The van der Waals surface area contributed by atoms with E-state index in [-0.39, 0.29) is 5.70 Å². The van der Waals surface area contributed by atoms with Gasteiger partial charge in [0.1, 0.15) is 11.8 Å². The van der Waals surface area contributed by atoms with Gasteiger partial charge in [-0.2, -0.15) is 5.26 Å². The van der Waals surface area contributed by atoms with Gasteiger partial charge >= 0.3 is 0 Å². The van der Waals surface area contributed by atoms with Crippen LogP contribution in [0.25, 0.3) is 0 Å². The molecule has 1 atom stereocenters. The number of allylic oxidation sites excluding steroid dienone is 1. The number of nitrogens with zero attached hydrogens (tertiary/aromatic N) is 4. The van der Waals surface area contributed by atoms with Gasteiger partial charge < -0.3 is 21.3 Å². The fourth-order valence-corrected chi connectivity index (χ4v) is 3.92. The van der Waals surface area contributed by atoms with Gasteiger partial charge in [0.25, 0.3) is 0 Å². The summed E-state index contributed by atoms with van der Waals surface area (Å²) >= 11 is 0. The Labute approximate surface area is 203 Å². The van der Waals surface area contributed by atoms with Crippen LogP contribution in [0, 0.1) is 11.3 Å². The lowest BCUT2D eigenvalue weighted by molar-refractivity contribution is 0.187. The average Bonchev–Trinajstić information content (AvgIpc) is 2.89. The van der Waals surface area contributed by atoms with Gasteiger partial charge in [0, 0.05) is 46.0 Å². The van der Waals surface area contributed by atoms with Crippen molar-refractivity contribution in [2.24, 2.45) is 5.73 Å². The summed E-state index contributed by atoms with van der Waals surface area (Å²) in [6, 6.07) is 6.53. The number of likely N-dealkylation sites (N-methyl/N-ethyl adjacent to an activating group) is 2. The molecular formula is C26H49N7. The van der Waals surface area contributed by atoms with Crippen molar-refractivity contribution in [1.29, 1.82) is 5.26 Å². The summed E-state index contributed by atoms with van der Waals surface area (Å²) < 4.78 is 0. The molecule has 1 saturated heterocycles. The van der Waals surface area contributed by atoms with Crippen molar-refractivity contribution in [2.75, 3.05) is 53.4 Å². The monoisotopic (exact) mass is 459 g/mol. The lowest BCUT2D eigenvalue weighted by atomic mass is 9.90. The van der Waals surface area contributed by atoms with Crippen LogP contribution in [0.2, 0.25) is 0 Å². The maximum Gasteiger partial charge on any atom is 0.131 e. The summed E-state index contributed by atoms with van der Waals surface area (Å²) in [6.45, 7) is 16.5. The van der Waals surface area contributed by atoms with Crippen LogP contribution in [0.5, 0.6) is 0 Å². The van der Waals surface area contributed by atoms with E-state index in [0.717, 1.165) is 44.6 Å². The van der Waals surface area contributed by atoms with Crippen LogP contribution in [0.15, 0.2) is 29.7 Å². The molecule has 1 fully saturated rings. The second kappa shape index (κ2) is 19.3. The maximum absolute atomic E-state index is 9.04. The first-order valence-electron chi connectivity index (χ1n) is 12.7. The largest absolute Gasteiger partial charge is 0.389 e. The van der Waals surface area contributed by atoms with E-state index in [1.165, 1.54) is 30.8 Å². The number of hydrogen-bond acceptors (Lipinski definition) is 7. The molecular weight excluding hydrogens is 410 g/mol. The van der Waals surface area contributed by atoms with E-state index in [0.29, 0.717) is 12.6 Å². The van der Waals surface area contributed by atoms with Crippen molar-refractivity contribution in [3.05, 3.63) is 41.0 Å². The number of pyridine rings is 1. The molecule has 2 heterocycles. The van der Waals surface area contributed by atoms with Crippen molar-refractivity contribution < 1.29 is 0 Å². The highest BCUT2D eigenvalue weighted by molar-refractivity contribution is 5.27. The number of hydrogen-bond donors (Lipinski definition) is 3. The predicted molar refractivity (Wildman–Crippen MR) is 141 cm³/mol. The summed E-state index contributed by atoms with van der Waals surface area (Å²) in [5, 5.41) is 15.4. The molecule has 0 spiro atoms. The zero-order valence-electron chi connectivity index (χ0n) is 22.2. The minimum Gasteiger partial charge on any atom is -0.389 e. The number of fused-ring (bicyclic) bond motifs is 1. The summed E-state index contributed by atoms with van der Waals surface area (Å²) in [7, 11) is 3.97. The summed E-state index contributed by atoms with van der Waals surface area (Å²) in [5.41, 5.74) is 9.40. The molecule has 0 unspecified atom stereocenters. The Morgan fingerprint density at radius 2 is 1.97 bits per heavy atom. The molecule has 1 aliphatic heterocycles. The van der Waals surface area contributed by atoms with E-state index in [4.69, 9.17) is 11.0 Å². The highest BCUT2D eigenvalue weighted by Gasteiger charge is 2.27. The lowest BCUT2D eigenvalue weighted by Gasteiger charge is -2.35. The molecule has 2 aliphatic rings. The standard InChI is InChI=1S/C17H25N5.C5H12N2.2C2H6/c1-3-10-22(12-15(20-2)14(19)11-18)16-8-4-6-13-7-5-9-21-17(13)16;1-7-4-2-6-3-5-7;2*1-2/h5,7,9,16,20H,3-4,6,8,10,12,19H2,1-2H3;6H,2-5H2,1H3;2*1-2H3/b15-14-;;;/t16-;;;/m0.../s1. The normalized spacial score (nSPS) is 18.0. The van der Waals surface area contributed by atoms with Gasteiger partial charge in [0.2, 0.25) is 0 Å². The lowest BCUT2D eigenvalue weighted by Crippen LogP contribution is -2.40. The number of piperazine rings is 1. The smallest absolute Gasteiger partial charge is 0.131 e. The van der Waals surface area contributed by atoms with Crippen molar-refractivity contribution in [3.63, 3.8) is 0 Å². The van der Waals surface area contributed by atoms with Crippen molar-refractivity contribution in [3.8, 4) is 6.07 Å². The fourth-order valence-electron chi connectivity index (χ4n) is 3.92. The first-order chi connectivity index (χ1) is 16.1. The van der Waals surface area contributed by atoms with Crippen molar-refractivity contribution in [2.45, 2.75) is 66.3 Å². The molecule has 0 amide bonds. The zero-order chi connectivity index (χ0) is 25.1. The van der Waals surface area contributed by atoms with Gasteiger partial charge in [-0.25, -0.2) is 0 Å². The number of aromatic nitrogens is 1. The quantitative estimate of drug-likeness (QED) is 0.559. The van der Waals surface area contributed by atoms with Crippen LogP contribution in [0.4, 0.5) is 0 Å². The molecule has 1 aromatic heterocycles. The highest BCUT2D eigenvalue weighted by Crippen LogP contribution is 2.33. The second-order valence-corrected chi connectivity index (χ2v) is 7.73. The molecule has 7 nitrogen and oxygen atoms in total. The van der Waals surface area contributed by atoms with E-state index >= 15 is 0 Å². The fraction of sp³-hybridized carbons (Fsp3) is 0.692. The van der Waals surface area contributed by atoms with E-state index in [1.807, 2.05) is 53.1 Å². The van der Waals surface area contributed by atoms with Crippen LogP contribution in [0.3, 0.4) is 0 Å². The number of nitrogens with one attached hydrogen (secondary N) is 2. The molecule has 7 heteroatoms. The third-order valence-corrected chi connectivity index (χ3v) is 5.57. The average molecular weight is 460 g/mol. The molecule has 0 radical (unpaired) electrons. The molecule has 0 bridgehead atoms. The summed E-state index contributed by atoms with van der Waals surface area (Å²) in [4.78, 5) is 9.35. The topological polar surface area (TPSA) is 93.2 Å². The summed E-state index contributed by atoms with van der Waals surface area (Å²) in [5.74, 6) is 0. The first-order valence-corrected chi connectivity index (χ1v) is 12.7. The van der Waals surface area contributed by atoms with E-state index in [1.54, 1.807) is 0 Å². The molecule has 0 aromatic carbocycles. The minimum atomic E-state index is 0.264. The van der Waals surface area contributed by atoms with Crippen molar-refractivity contribution >= 4 is 0 Å². The molecule has 1 aromatic rings. The molecule has 4 N–H and O–H groups in total. The molecule has 3 rings (SSSR count). The van der Waals surface area contributed by atoms with E-state index in [2.05, 4.69) is 45.5 Å². The molecule has 0 saturated carbocycles. The van der Waals surface area contributed by atoms with Crippen molar-refractivity contribution in [1.82, 2.24) is 25.4 Å². The van der Waals surface area contributed by atoms with Crippen LogP contribution >= 0.6 is 0 Å². The Balaban J connectivity index is 0.000000776. The van der Waals surface area contributed by atoms with Gasteiger partial charge in [-0.05, 0) is 50.9 Å². The number of nitrogens with two attached hydrogens (primary N) is 1. The third-order valence-electron chi connectivity index (χ3n) is 5.57. The number of nitriles is 1. The minimum absolute atomic E-state index is 0.264. The second-order valence-electron chi connectivity index (χ2n) is 7.73. The van der Waals surface area contributed by atoms with Gasteiger partial charge in [0.05, 0.1) is 17.4 Å². The Morgan fingerprint density at radius 1 is 1.30 bits per heavy atom. The number of rotatable bonds is 6. The van der Waals surface area contributed by atoms with Gasteiger partial charge in [-0.3, -0.25) is 9.88 Å². The highest BCUT2D eigenvalue weighted by atomic mass is 15.2. The molecule has 33 heavy (non-hydrogen) atoms. The van der Waals surface area contributed by atoms with Gasteiger partial charge in [-0.15, -0.1) is 0 Å². The Kier molecular flexibility index (Phi) is 18.1. The SMILES string of the molecule is CC.CC.CCCN(C/C(NC)=C(/N)C#N)[C@H]1CCCc2cccnc21.CN1CCNCC1. The van der Waals surface area contributed by atoms with Crippen LogP contribution < -0.4 is 16.4 Å². The molecule has 1 aliphatic carbocycles. The Bertz CT molecular complexity index is 690. The number of aryl methyl sites for hydroxylation is 1. The maximum atomic E-state index is 9.04. The van der Waals surface area contributed by atoms with E-state index in [9.17, 15) is 0 Å².